The Bertz CT molecular complexity index is 1910. The van der Waals surface area contributed by atoms with Crippen LogP contribution < -0.4 is 9.47 Å². The van der Waals surface area contributed by atoms with Crippen LogP contribution in [0.1, 0.15) is 43.7 Å². The zero-order valence-electron chi connectivity index (χ0n) is 26.9. The van der Waals surface area contributed by atoms with Crippen molar-refractivity contribution in [3.05, 3.63) is 107 Å². The highest BCUT2D eigenvalue weighted by molar-refractivity contribution is 5.67. The summed E-state index contributed by atoms with van der Waals surface area (Å²) in [5, 5.41) is 0. The van der Waals surface area contributed by atoms with Crippen LogP contribution in [0, 0.1) is 40.3 Å². The molecule has 4 aromatic carbocycles. The molecular weight excluding hydrogens is 721 g/mol. The van der Waals surface area contributed by atoms with E-state index >= 15 is 22.0 Å². The van der Waals surface area contributed by atoms with Gasteiger partial charge in [0.05, 0.1) is 19.8 Å². The van der Waals surface area contributed by atoms with Crippen LogP contribution in [0.5, 0.6) is 11.5 Å². The molecule has 2 bridgehead atoms. The largest absolute Gasteiger partial charge is 0.573 e. The first-order chi connectivity index (χ1) is 24.4. The highest BCUT2D eigenvalue weighted by Gasteiger charge is 2.53. The Labute approximate surface area is 288 Å². The molecule has 16 heteroatoms. The molecule has 7 rings (SSSR count). The molecule has 3 aliphatic rings. The molecule has 0 aromatic heterocycles. The molecule has 0 N–H and O–H groups in total. The molecule has 0 radical (unpaired) electrons. The number of unbranched alkanes of at least 4 members (excludes halogenated alkanes) is 2. The quantitative estimate of drug-likeness (QED) is 0.113. The van der Waals surface area contributed by atoms with Crippen LogP contribution in [0.4, 0.5) is 48.3 Å². The van der Waals surface area contributed by atoms with Gasteiger partial charge in [0.2, 0.25) is 5.75 Å². The highest BCUT2D eigenvalue weighted by Crippen LogP contribution is 2.47. The van der Waals surface area contributed by atoms with E-state index in [1.807, 2.05) is 0 Å². The number of halogens is 11. The van der Waals surface area contributed by atoms with Gasteiger partial charge in [-0.05, 0) is 60.0 Å². The number of fused-ring (bicyclic) bond motifs is 3. The summed E-state index contributed by atoms with van der Waals surface area (Å²) >= 11 is 0. The molecule has 5 nitrogen and oxygen atoms in total. The zero-order chi connectivity index (χ0) is 37.6. The van der Waals surface area contributed by atoms with Crippen molar-refractivity contribution >= 4 is 0 Å². The van der Waals surface area contributed by atoms with Gasteiger partial charge >= 0.3 is 18.4 Å². The Morgan fingerprint density at radius 3 is 1.63 bits per heavy atom. The maximum atomic E-state index is 15.4. The van der Waals surface area contributed by atoms with Crippen LogP contribution in [0.2, 0.25) is 0 Å². The van der Waals surface area contributed by atoms with Crippen molar-refractivity contribution in [1.82, 2.24) is 0 Å². The van der Waals surface area contributed by atoms with E-state index in [2.05, 4.69) is 16.4 Å². The minimum atomic E-state index is -5.44. The predicted octanol–water partition coefficient (Wildman–Crippen LogP) is 10.6. The van der Waals surface area contributed by atoms with Crippen molar-refractivity contribution in [3.63, 3.8) is 0 Å². The molecule has 0 spiro atoms. The molecule has 0 saturated carbocycles. The summed E-state index contributed by atoms with van der Waals surface area (Å²) < 4.78 is 182. The van der Waals surface area contributed by atoms with Crippen LogP contribution in [0.3, 0.4) is 0 Å². The Hall–Kier alpha value is -4.41. The third-order valence-corrected chi connectivity index (χ3v) is 8.70. The zero-order valence-corrected chi connectivity index (χ0v) is 26.9. The summed E-state index contributed by atoms with van der Waals surface area (Å²) in [5.41, 5.74) is -4.21. The lowest BCUT2D eigenvalue weighted by atomic mass is 9.82. The van der Waals surface area contributed by atoms with Crippen molar-refractivity contribution in [2.45, 2.75) is 51.1 Å². The van der Waals surface area contributed by atoms with E-state index in [1.165, 1.54) is 6.07 Å². The maximum absolute atomic E-state index is 15.4. The second kappa shape index (κ2) is 13.9. The van der Waals surface area contributed by atoms with E-state index < -0.39 is 87.1 Å². The minimum absolute atomic E-state index is 0.133. The summed E-state index contributed by atoms with van der Waals surface area (Å²) in [5.74, 6) is -14.3. The van der Waals surface area contributed by atoms with Crippen molar-refractivity contribution in [3.8, 4) is 33.8 Å². The van der Waals surface area contributed by atoms with Gasteiger partial charge in [-0.3, -0.25) is 0 Å². The molecule has 0 amide bonds. The van der Waals surface area contributed by atoms with E-state index in [4.69, 9.17) is 14.2 Å². The minimum Gasteiger partial charge on any atom is -0.429 e. The Morgan fingerprint density at radius 1 is 0.615 bits per heavy atom. The smallest absolute Gasteiger partial charge is 0.429 e. The topological polar surface area (TPSA) is 46.2 Å². The molecule has 3 saturated heterocycles. The van der Waals surface area contributed by atoms with E-state index in [-0.39, 0.29) is 16.5 Å². The molecule has 4 aromatic rings. The number of rotatable bonds is 11. The Kier molecular flexibility index (Phi) is 9.95. The van der Waals surface area contributed by atoms with Gasteiger partial charge in [0.1, 0.15) is 34.6 Å². The first-order valence-electron chi connectivity index (χ1n) is 15.8. The lowest BCUT2D eigenvalue weighted by molar-refractivity contribution is -0.480. The van der Waals surface area contributed by atoms with E-state index in [1.54, 1.807) is 0 Å². The number of ether oxygens (including phenoxy) is 5. The van der Waals surface area contributed by atoms with E-state index in [0.717, 1.165) is 37.8 Å². The van der Waals surface area contributed by atoms with Crippen LogP contribution >= 0.6 is 0 Å². The fourth-order valence-corrected chi connectivity index (χ4v) is 6.08. The molecule has 3 aliphatic heterocycles. The average molecular weight is 749 g/mol. The summed E-state index contributed by atoms with van der Waals surface area (Å²) in [7, 11) is 0. The third-order valence-electron chi connectivity index (χ3n) is 8.70. The molecule has 0 aliphatic carbocycles. The van der Waals surface area contributed by atoms with Gasteiger partial charge in [0.25, 0.3) is 0 Å². The Morgan fingerprint density at radius 2 is 1.13 bits per heavy atom. The van der Waals surface area contributed by atoms with Gasteiger partial charge in [0, 0.05) is 28.2 Å². The molecule has 278 valence electrons. The van der Waals surface area contributed by atoms with Crippen molar-refractivity contribution in [2.24, 2.45) is 5.41 Å². The molecule has 52 heavy (non-hydrogen) atoms. The van der Waals surface area contributed by atoms with Crippen molar-refractivity contribution in [2.75, 3.05) is 19.8 Å². The fourth-order valence-electron chi connectivity index (χ4n) is 6.08. The summed E-state index contributed by atoms with van der Waals surface area (Å²) in [6, 6.07) is 6.62. The third kappa shape index (κ3) is 7.41. The van der Waals surface area contributed by atoms with Crippen molar-refractivity contribution < 1.29 is 72.0 Å². The number of hydrogen-bond donors (Lipinski definition) is 0. The second-order valence-electron chi connectivity index (χ2n) is 12.5. The molecule has 3 fully saturated rings. The maximum Gasteiger partial charge on any atom is 0.573 e. The van der Waals surface area contributed by atoms with Gasteiger partial charge in [-0.25, -0.2) is 26.3 Å². The molecule has 0 unspecified atom stereocenters. The number of benzene rings is 4. The summed E-state index contributed by atoms with van der Waals surface area (Å²) in [6.45, 7) is 3.00. The lowest BCUT2D eigenvalue weighted by Crippen LogP contribution is -2.58. The molecular formula is C36H27F11O5. The number of alkyl halides is 5. The standard InChI is InChI=1S/C36H27F11O5/c1-2-3-4-9-33-16-48-35(49-17-33,50-18-33)21-5-7-23(25(37)14-21)19-10-27(39)31(28(40)11-19)34(43,44)51-22-6-8-24(26(38)15-22)20-12-29(41)32(30(42)13-20)52-36(45,46)47/h5-8,10-15H,2-4,9,16-18H2,1H3. The normalized spacial score (nSPS) is 20.3. The van der Waals surface area contributed by atoms with E-state index in [0.29, 0.717) is 62.3 Å². The second-order valence-corrected chi connectivity index (χ2v) is 12.5. The van der Waals surface area contributed by atoms with Gasteiger partial charge < -0.3 is 23.7 Å². The fraction of sp³-hybridized carbons (Fsp3) is 0.333. The van der Waals surface area contributed by atoms with Gasteiger partial charge in [-0.1, -0.05) is 38.3 Å². The van der Waals surface area contributed by atoms with Crippen LogP contribution in [-0.4, -0.2) is 26.2 Å². The SMILES string of the molecule is CCCCCC12COC(c3ccc(-c4cc(F)c(C(F)(F)Oc5ccc(-c6cc(F)c(OC(F)(F)F)c(F)c6)c(F)c5)c(F)c4)c(F)c3)(OC1)OC2. The lowest BCUT2D eigenvalue weighted by Gasteiger charge is -2.52. The monoisotopic (exact) mass is 748 g/mol. The Balaban J connectivity index is 1.19. The first-order valence-corrected chi connectivity index (χ1v) is 15.8. The summed E-state index contributed by atoms with van der Waals surface area (Å²) in [6.07, 6.45) is -6.38. The first kappa shape index (κ1) is 37.4. The molecule has 0 atom stereocenters. The van der Waals surface area contributed by atoms with Crippen LogP contribution in [-0.2, 0) is 26.3 Å². The van der Waals surface area contributed by atoms with Crippen LogP contribution in [0.25, 0.3) is 22.3 Å². The predicted molar refractivity (Wildman–Crippen MR) is 161 cm³/mol. The van der Waals surface area contributed by atoms with Crippen LogP contribution in [0.15, 0.2) is 60.7 Å². The average Bonchev–Trinajstić information content (AvgIpc) is 3.06. The highest BCUT2D eigenvalue weighted by atomic mass is 19.4. The van der Waals surface area contributed by atoms with Gasteiger partial charge in [-0.15, -0.1) is 13.2 Å². The van der Waals surface area contributed by atoms with Crippen molar-refractivity contribution in [1.29, 1.82) is 0 Å². The van der Waals surface area contributed by atoms with Gasteiger partial charge in [-0.2, -0.15) is 8.78 Å². The summed E-state index contributed by atoms with van der Waals surface area (Å²) in [4.78, 5) is 0. The van der Waals surface area contributed by atoms with Gasteiger partial charge in [0.15, 0.2) is 11.6 Å². The van der Waals surface area contributed by atoms with E-state index in [9.17, 15) is 26.3 Å². The number of hydrogen-bond acceptors (Lipinski definition) is 5. The molecule has 3 heterocycles.